The van der Waals surface area contributed by atoms with Gasteiger partial charge < -0.3 is 14.9 Å². The highest BCUT2D eigenvalue weighted by Crippen LogP contribution is 2.25. The molecule has 2 amide bonds. The van der Waals surface area contributed by atoms with Crippen molar-refractivity contribution in [1.29, 1.82) is 0 Å². The third-order valence-corrected chi connectivity index (χ3v) is 7.34. The van der Waals surface area contributed by atoms with Gasteiger partial charge in [-0.1, -0.05) is 18.2 Å². The van der Waals surface area contributed by atoms with Crippen LogP contribution >= 0.6 is 0 Å². The molecule has 2 saturated heterocycles. The Morgan fingerprint density at radius 3 is 2.17 bits per heavy atom. The summed E-state index contributed by atoms with van der Waals surface area (Å²) >= 11 is 0. The number of amides is 2. The van der Waals surface area contributed by atoms with Crippen molar-refractivity contribution in [1.82, 2.24) is 14.7 Å². The molecule has 2 aromatic rings. The molecular weight excluding hydrogens is 466 g/mol. The van der Waals surface area contributed by atoms with Gasteiger partial charge in [0.2, 0.25) is 5.91 Å². The van der Waals surface area contributed by atoms with E-state index in [9.17, 15) is 23.5 Å². The van der Waals surface area contributed by atoms with Crippen LogP contribution in [0.5, 0.6) is 0 Å². The lowest BCUT2D eigenvalue weighted by Gasteiger charge is -2.38. The largest absolute Gasteiger partial charge is 0.465 e. The smallest absolute Gasteiger partial charge is 0.407 e. The molecule has 0 saturated carbocycles. The van der Waals surface area contributed by atoms with E-state index < -0.39 is 17.7 Å². The Hall–Kier alpha value is -3.04. The predicted octanol–water partition coefficient (Wildman–Crippen LogP) is 4.02. The number of hydrogen-bond donors (Lipinski definition) is 1. The molecule has 4 rings (SSSR count). The minimum Gasteiger partial charge on any atom is -0.465 e. The van der Waals surface area contributed by atoms with Crippen molar-refractivity contribution in [3.05, 3.63) is 65.2 Å². The SMILES string of the molecule is C[C@H]1CN(Cc2ccc(N(C)C(=O)C3CCN(Cc4ccc(F)c(F)c4)CC3)cc2)CCN1C(=O)O. The van der Waals surface area contributed by atoms with Crippen molar-refractivity contribution >= 4 is 17.7 Å². The summed E-state index contributed by atoms with van der Waals surface area (Å²) < 4.78 is 26.6. The number of benzene rings is 2. The summed E-state index contributed by atoms with van der Waals surface area (Å²) in [5.74, 6) is -1.65. The summed E-state index contributed by atoms with van der Waals surface area (Å²) in [5.41, 5.74) is 2.70. The predicted molar refractivity (Wildman–Crippen MR) is 134 cm³/mol. The number of rotatable bonds is 6. The molecule has 0 aliphatic carbocycles. The number of carboxylic acid groups (broad SMARTS) is 1. The zero-order chi connectivity index (χ0) is 25.8. The van der Waals surface area contributed by atoms with E-state index in [2.05, 4.69) is 9.80 Å². The van der Waals surface area contributed by atoms with Crippen LogP contribution in [-0.4, -0.2) is 77.6 Å². The minimum absolute atomic E-state index is 0.0393. The first-order valence-corrected chi connectivity index (χ1v) is 12.5. The summed E-state index contributed by atoms with van der Waals surface area (Å²) in [4.78, 5) is 32.0. The van der Waals surface area contributed by atoms with E-state index in [1.54, 1.807) is 18.0 Å². The molecule has 7 nitrogen and oxygen atoms in total. The molecule has 0 aromatic heterocycles. The lowest BCUT2D eigenvalue weighted by molar-refractivity contribution is -0.123. The number of anilines is 1. The highest BCUT2D eigenvalue weighted by Gasteiger charge is 2.29. The molecule has 0 unspecified atom stereocenters. The maximum Gasteiger partial charge on any atom is 0.407 e. The Morgan fingerprint density at radius 2 is 1.56 bits per heavy atom. The van der Waals surface area contributed by atoms with Crippen molar-refractivity contribution in [2.75, 3.05) is 44.7 Å². The zero-order valence-electron chi connectivity index (χ0n) is 20.9. The lowest BCUT2D eigenvalue weighted by Crippen LogP contribution is -2.53. The monoisotopic (exact) mass is 500 g/mol. The molecule has 2 aliphatic heterocycles. The van der Waals surface area contributed by atoms with Crippen LogP contribution in [0.3, 0.4) is 0 Å². The molecule has 0 bridgehead atoms. The Bertz CT molecular complexity index is 1070. The summed E-state index contributed by atoms with van der Waals surface area (Å²) in [5, 5.41) is 9.25. The van der Waals surface area contributed by atoms with Crippen LogP contribution in [-0.2, 0) is 17.9 Å². The highest BCUT2D eigenvalue weighted by atomic mass is 19.2. The molecule has 36 heavy (non-hydrogen) atoms. The summed E-state index contributed by atoms with van der Waals surface area (Å²) in [6, 6.07) is 11.9. The topological polar surface area (TPSA) is 67.3 Å². The van der Waals surface area contributed by atoms with Gasteiger partial charge in [0.15, 0.2) is 11.6 Å². The average Bonchev–Trinajstić information content (AvgIpc) is 2.86. The fraction of sp³-hybridized carbons (Fsp3) is 0.481. The Balaban J connectivity index is 1.26. The maximum atomic E-state index is 13.5. The van der Waals surface area contributed by atoms with Gasteiger partial charge in [-0.25, -0.2) is 13.6 Å². The van der Waals surface area contributed by atoms with Crippen molar-refractivity contribution in [3.8, 4) is 0 Å². The van der Waals surface area contributed by atoms with Crippen LogP contribution in [0.15, 0.2) is 42.5 Å². The number of hydrogen-bond acceptors (Lipinski definition) is 4. The second-order valence-corrected chi connectivity index (χ2v) is 9.92. The normalized spacial score (nSPS) is 19.9. The van der Waals surface area contributed by atoms with E-state index in [1.807, 2.05) is 31.2 Å². The third kappa shape index (κ3) is 6.20. The van der Waals surface area contributed by atoms with Gasteiger partial charge >= 0.3 is 6.09 Å². The van der Waals surface area contributed by atoms with Crippen molar-refractivity contribution < 1.29 is 23.5 Å². The molecule has 1 N–H and O–H groups in total. The summed E-state index contributed by atoms with van der Waals surface area (Å²) in [6.07, 6.45) is 0.588. The van der Waals surface area contributed by atoms with E-state index in [0.29, 0.717) is 26.2 Å². The molecular formula is C27H34F2N4O3. The Kier molecular flexibility index (Phi) is 8.21. The van der Waals surface area contributed by atoms with E-state index in [0.717, 1.165) is 55.4 Å². The number of piperidine rings is 1. The first kappa shape index (κ1) is 26.0. The number of likely N-dealkylation sites (tertiary alicyclic amines) is 1. The highest BCUT2D eigenvalue weighted by molar-refractivity contribution is 5.94. The van der Waals surface area contributed by atoms with E-state index in [4.69, 9.17) is 0 Å². The molecule has 2 aromatic carbocycles. The van der Waals surface area contributed by atoms with Crippen molar-refractivity contribution in [2.24, 2.45) is 5.92 Å². The van der Waals surface area contributed by atoms with Crippen LogP contribution in [0.25, 0.3) is 0 Å². The molecule has 1 atom stereocenters. The van der Waals surface area contributed by atoms with Crippen LogP contribution < -0.4 is 4.90 Å². The molecule has 194 valence electrons. The van der Waals surface area contributed by atoms with Gasteiger partial charge in [0.25, 0.3) is 0 Å². The molecule has 0 radical (unpaired) electrons. The molecule has 9 heteroatoms. The van der Waals surface area contributed by atoms with Gasteiger partial charge in [-0.05, 0) is 68.2 Å². The molecule has 0 spiro atoms. The fourth-order valence-electron chi connectivity index (χ4n) is 5.18. The second-order valence-electron chi connectivity index (χ2n) is 9.92. The van der Waals surface area contributed by atoms with E-state index in [-0.39, 0.29) is 17.9 Å². The molecule has 2 aliphatic rings. The van der Waals surface area contributed by atoms with Gasteiger partial charge in [-0.2, -0.15) is 0 Å². The summed E-state index contributed by atoms with van der Waals surface area (Å²) in [7, 11) is 1.80. The first-order valence-electron chi connectivity index (χ1n) is 12.5. The van der Waals surface area contributed by atoms with Gasteiger partial charge in [0.1, 0.15) is 0 Å². The van der Waals surface area contributed by atoms with Crippen molar-refractivity contribution in [3.63, 3.8) is 0 Å². The number of halogens is 2. The minimum atomic E-state index is -0.867. The van der Waals surface area contributed by atoms with Crippen LogP contribution in [0, 0.1) is 17.6 Å². The van der Waals surface area contributed by atoms with Crippen LogP contribution in [0.2, 0.25) is 0 Å². The Labute approximate surface area is 210 Å². The number of carbonyl (C=O) groups excluding carboxylic acids is 1. The van der Waals surface area contributed by atoms with E-state index >= 15 is 0 Å². The zero-order valence-corrected chi connectivity index (χ0v) is 20.9. The third-order valence-electron chi connectivity index (χ3n) is 7.34. The van der Waals surface area contributed by atoms with Crippen molar-refractivity contribution in [2.45, 2.75) is 38.9 Å². The lowest BCUT2D eigenvalue weighted by atomic mass is 9.94. The molecule has 2 heterocycles. The van der Waals surface area contributed by atoms with Gasteiger partial charge in [-0.15, -0.1) is 0 Å². The maximum absolute atomic E-state index is 13.5. The van der Waals surface area contributed by atoms with Crippen LogP contribution in [0.1, 0.15) is 30.9 Å². The standard InChI is InChI=1S/C27H34F2N4O3/c1-19-16-32(13-14-33(19)27(35)36)17-20-3-6-23(7-4-20)30(2)26(34)22-9-11-31(12-10-22)18-21-5-8-24(28)25(29)15-21/h3-8,15,19,22H,9-14,16-18H2,1-2H3,(H,35,36)/t19-/m0/s1. The van der Waals surface area contributed by atoms with Crippen LogP contribution in [0.4, 0.5) is 19.3 Å². The summed E-state index contributed by atoms with van der Waals surface area (Å²) in [6.45, 7) is 6.58. The molecule has 2 fully saturated rings. The fourth-order valence-corrected chi connectivity index (χ4v) is 5.18. The number of nitrogens with zero attached hydrogens (tertiary/aromatic N) is 4. The van der Waals surface area contributed by atoms with Gasteiger partial charge in [-0.3, -0.25) is 14.6 Å². The van der Waals surface area contributed by atoms with E-state index in [1.165, 1.54) is 11.0 Å². The number of carbonyl (C=O) groups is 2. The van der Waals surface area contributed by atoms with Gasteiger partial charge in [0, 0.05) is 57.4 Å². The van der Waals surface area contributed by atoms with Gasteiger partial charge in [0.05, 0.1) is 0 Å². The second kappa shape index (κ2) is 11.3. The quantitative estimate of drug-likeness (QED) is 0.649. The Morgan fingerprint density at radius 1 is 0.917 bits per heavy atom. The number of piperazine rings is 1. The first-order chi connectivity index (χ1) is 17.2. The average molecular weight is 501 g/mol.